The summed E-state index contributed by atoms with van der Waals surface area (Å²) in [6.45, 7) is 6.03. The summed E-state index contributed by atoms with van der Waals surface area (Å²) in [7, 11) is 0. The summed E-state index contributed by atoms with van der Waals surface area (Å²) in [6, 6.07) is 5.36. The Hall–Kier alpha value is -1.87. The van der Waals surface area contributed by atoms with E-state index in [0.29, 0.717) is 10.7 Å². The molecule has 3 aliphatic rings. The minimum absolute atomic E-state index is 0.0809. The highest BCUT2D eigenvalue weighted by Gasteiger charge is 2.61. The quantitative estimate of drug-likeness (QED) is 0.579. The summed E-state index contributed by atoms with van der Waals surface area (Å²) in [4.78, 5) is 27.3. The fraction of sp³-hybridized carbons (Fsp3) is 0.368. The number of hydrogen-bond donors (Lipinski definition) is 0. The Balaban J connectivity index is 1.77. The first-order valence-electron chi connectivity index (χ1n) is 7.91. The highest BCUT2D eigenvalue weighted by Crippen LogP contribution is 2.57. The highest BCUT2D eigenvalue weighted by atomic mass is 35.5. The highest BCUT2D eigenvalue weighted by molar-refractivity contribution is 6.32. The van der Waals surface area contributed by atoms with Gasteiger partial charge in [-0.25, -0.2) is 4.90 Å². The summed E-state index contributed by atoms with van der Waals surface area (Å²) in [5.74, 6) is -0.509. The van der Waals surface area contributed by atoms with E-state index in [-0.39, 0.29) is 35.5 Å². The molecule has 1 aliphatic heterocycles. The van der Waals surface area contributed by atoms with Crippen molar-refractivity contribution in [2.24, 2.45) is 23.7 Å². The minimum Gasteiger partial charge on any atom is -0.274 e. The van der Waals surface area contributed by atoms with Gasteiger partial charge in [0.05, 0.1) is 17.5 Å². The Labute approximate surface area is 140 Å². The fourth-order valence-corrected chi connectivity index (χ4v) is 4.58. The number of carbonyl (C=O) groups excluding carboxylic acids is 2. The number of hydrogen-bond acceptors (Lipinski definition) is 2. The van der Waals surface area contributed by atoms with Crippen molar-refractivity contribution in [3.05, 3.63) is 52.1 Å². The lowest BCUT2D eigenvalue weighted by molar-refractivity contribution is -0.122. The second kappa shape index (κ2) is 4.81. The van der Waals surface area contributed by atoms with Crippen LogP contribution in [0.3, 0.4) is 0 Å². The Morgan fingerprint density at radius 3 is 2.09 bits per heavy atom. The van der Waals surface area contributed by atoms with E-state index in [9.17, 15) is 9.59 Å². The van der Waals surface area contributed by atoms with Crippen LogP contribution in [-0.2, 0) is 9.59 Å². The van der Waals surface area contributed by atoms with Gasteiger partial charge in [0.2, 0.25) is 11.8 Å². The number of imide groups is 1. The molecule has 1 heterocycles. The van der Waals surface area contributed by atoms with Crippen LogP contribution < -0.4 is 4.90 Å². The van der Waals surface area contributed by atoms with E-state index >= 15 is 0 Å². The molecular weight excluding hydrogens is 310 g/mol. The molecule has 1 aromatic rings. The minimum atomic E-state index is -0.248. The van der Waals surface area contributed by atoms with Crippen molar-refractivity contribution in [2.75, 3.05) is 4.90 Å². The zero-order valence-electron chi connectivity index (χ0n) is 13.3. The largest absolute Gasteiger partial charge is 0.274 e. The van der Waals surface area contributed by atoms with Gasteiger partial charge in [-0.3, -0.25) is 9.59 Å². The first-order valence-corrected chi connectivity index (χ1v) is 8.29. The maximum Gasteiger partial charge on any atom is 0.238 e. The molecule has 23 heavy (non-hydrogen) atoms. The molecule has 0 radical (unpaired) electrons. The van der Waals surface area contributed by atoms with E-state index in [1.54, 1.807) is 12.1 Å². The number of anilines is 1. The van der Waals surface area contributed by atoms with Crippen molar-refractivity contribution in [1.82, 2.24) is 0 Å². The molecule has 4 heteroatoms. The van der Waals surface area contributed by atoms with Crippen molar-refractivity contribution in [2.45, 2.75) is 20.8 Å². The Morgan fingerprint density at radius 2 is 1.61 bits per heavy atom. The first kappa shape index (κ1) is 14.7. The monoisotopic (exact) mass is 327 g/mol. The first-order chi connectivity index (χ1) is 10.9. The van der Waals surface area contributed by atoms with Crippen LogP contribution in [0.1, 0.15) is 19.4 Å². The van der Waals surface area contributed by atoms with Gasteiger partial charge >= 0.3 is 0 Å². The Morgan fingerprint density at radius 1 is 1.04 bits per heavy atom. The van der Waals surface area contributed by atoms with Crippen LogP contribution >= 0.6 is 11.6 Å². The number of aryl methyl sites for hydroxylation is 1. The van der Waals surface area contributed by atoms with Gasteiger partial charge in [-0.05, 0) is 38.5 Å². The predicted molar refractivity (Wildman–Crippen MR) is 90.2 cm³/mol. The lowest BCUT2D eigenvalue weighted by atomic mass is 9.85. The van der Waals surface area contributed by atoms with Crippen LogP contribution in [0, 0.1) is 30.6 Å². The van der Waals surface area contributed by atoms with Crippen molar-refractivity contribution in [3.8, 4) is 0 Å². The maximum absolute atomic E-state index is 13.0. The molecule has 0 aromatic heterocycles. The number of fused-ring (bicyclic) bond motifs is 5. The van der Waals surface area contributed by atoms with Crippen molar-refractivity contribution in [1.29, 1.82) is 0 Å². The summed E-state index contributed by atoms with van der Waals surface area (Å²) in [5.41, 5.74) is 4.01. The summed E-state index contributed by atoms with van der Waals surface area (Å²) >= 11 is 6.17. The van der Waals surface area contributed by atoms with Crippen molar-refractivity contribution in [3.63, 3.8) is 0 Å². The molecule has 0 N–H and O–H groups in total. The molecule has 2 aliphatic carbocycles. The SMILES string of the molecule is CC(C)=C1[C@@H]2C=C[C@@H]1[C@H]1C(=O)N(c3ccc(C)c(Cl)c3)C(=O)[C@H]12. The molecule has 4 rings (SSSR count). The predicted octanol–water partition coefficient (Wildman–Crippen LogP) is 3.91. The van der Waals surface area contributed by atoms with E-state index < -0.39 is 0 Å². The van der Waals surface area contributed by atoms with E-state index in [0.717, 1.165) is 5.56 Å². The zero-order valence-corrected chi connectivity index (χ0v) is 14.1. The number of carbonyl (C=O) groups is 2. The molecule has 118 valence electrons. The molecule has 2 bridgehead atoms. The molecule has 4 atom stereocenters. The van der Waals surface area contributed by atoms with Gasteiger partial charge in [-0.15, -0.1) is 0 Å². The molecule has 2 fully saturated rings. The molecule has 1 saturated heterocycles. The van der Waals surface area contributed by atoms with Crippen LogP contribution in [0.25, 0.3) is 0 Å². The molecule has 0 spiro atoms. The van der Waals surface area contributed by atoms with E-state index in [1.807, 2.05) is 13.0 Å². The van der Waals surface area contributed by atoms with Gasteiger partial charge in [0.25, 0.3) is 0 Å². The van der Waals surface area contributed by atoms with Crippen molar-refractivity contribution >= 4 is 29.1 Å². The van der Waals surface area contributed by atoms with Gasteiger partial charge < -0.3 is 0 Å². The van der Waals surface area contributed by atoms with Gasteiger partial charge in [0, 0.05) is 16.9 Å². The van der Waals surface area contributed by atoms with E-state index in [2.05, 4.69) is 26.0 Å². The Bertz CT molecular complexity index is 770. The zero-order chi connectivity index (χ0) is 16.5. The number of amides is 2. The third-order valence-electron chi connectivity index (χ3n) is 5.41. The molecule has 0 unspecified atom stereocenters. The molecular formula is C19H18ClNO2. The topological polar surface area (TPSA) is 37.4 Å². The van der Waals surface area contributed by atoms with Gasteiger partial charge in [-0.1, -0.05) is 41.0 Å². The normalized spacial score (nSPS) is 31.3. The molecule has 1 aromatic carbocycles. The van der Waals surface area contributed by atoms with Gasteiger partial charge in [-0.2, -0.15) is 0 Å². The average Bonchev–Trinajstić information content (AvgIpc) is 3.13. The maximum atomic E-state index is 13.0. The van der Waals surface area contributed by atoms with Crippen LogP contribution in [-0.4, -0.2) is 11.8 Å². The van der Waals surface area contributed by atoms with Gasteiger partial charge in [0.15, 0.2) is 0 Å². The van der Waals surface area contributed by atoms with Crippen LogP contribution in [0.5, 0.6) is 0 Å². The smallest absolute Gasteiger partial charge is 0.238 e. The number of rotatable bonds is 1. The summed E-state index contributed by atoms with van der Waals surface area (Å²) < 4.78 is 0. The van der Waals surface area contributed by atoms with Crippen LogP contribution in [0.2, 0.25) is 5.02 Å². The second-order valence-corrected chi connectivity index (χ2v) is 7.30. The standard InChI is InChI=1S/C19H18ClNO2/c1-9(2)15-12-6-7-13(15)17-16(12)18(22)21(19(17)23)11-5-4-10(3)14(20)8-11/h4-8,12-13,16-17H,1-3H3/t12-,13-,16-,17+/m0/s1. The number of halogens is 1. The molecule has 1 saturated carbocycles. The number of nitrogens with zero attached hydrogens (tertiary/aromatic N) is 1. The fourth-order valence-electron chi connectivity index (χ4n) is 4.41. The third-order valence-corrected chi connectivity index (χ3v) is 5.81. The van der Waals surface area contributed by atoms with Crippen molar-refractivity contribution < 1.29 is 9.59 Å². The second-order valence-electron chi connectivity index (χ2n) is 6.89. The summed E-state index contributed by atoms with van der Waals surface area (Å²) in [5, 5.41) is 0.575. The van der Waals surface area contributed by atoms with Crippen LogP contribution in [0.4, 0.5) is 5.69 Å². The third kappa shape index (κ3) is 1.83. The lowest BCUT2D eigenvalue weighted by Crippen LogP contribution is -2.33. The van der Waals surface area contributed by atoms with E-state index in [1.165, 1.54) is 16.0 Å². The van der Waals surface area contributed by atoms with Crippen LogP contribution in [0.15, 0.2) is 41.5 Å². The average molecular weight is 328 g/mol. The molecule has 3 nitrogen and oxygen atoms in total. The molecule has 2 amide bonds. The number of allylic oxidation sites excluding steroid dienone is 4. The van der Waals surface area contributed by atoms with E-state index in [4.69, 9.17) is 11.6 Å². The number of benzene rings is 1. The van der Waals surface area contributed by atoms with Gasteiger partial charge in [0.1, 0.15) is 0 Å². The Kier molecular flexibility index (Phi) is 3.08. The lowest BCUT2D eigenvalue weighted by Gasteiger charge is -2.19. The summed E-state index contributed by atoms with van der Waals surface area (Å²) in [6.07, 6.45) is 4.20.